The molecule has 1 aliphatic rings. The normalized spacial score (nSPS) is 32.5. The lowest BCUT2D eigenvalue weighted by molar-refractivity contribution is 0.0559. The van der Waals surface area contributed by atoms with Gasteiger partial charge in [-0.25, -0.2) is 0 Å². The molecule has 0 spiro atoms. The van der Waals surface area contributed by atoms with Crippen molar-refractivity contribution in [2.24, 2.45) is 5.92 Å². The molecule has 0 aliphatic carbocycles. The summed E-state index contributed by atoms with van der Waals surface area (Å²) in [6.45, 7) is 9.59. The molecule has 1 rings (SSSR count). The van der Waals surface area contributed by atoms with Crippen molar-refractivity contribution < 1.29 is 0 Å². The summed E-state index contributed by atoms with van der Waals surface area (Å²) in [5.74, 6) is 0.151. The fourth-order valence-corrected chi connectivity index (χ4v) is 2.09. The molecule has 1 aliphatic heterocycles. The lowest BCUT2D eigenvalue weighted by Gasteiger charge is -2.42. The van der Waals surface area contributed by atoms with Crippen LogP contribution in [0.5, 0.6) is 0 Å². The summed E-state index contributed by atoms with van der Waals surface area (Å²) in [4.78, 5) is 4.82. The van der Waals surface area contributed by atoms with Gasteiger partial charge in [-0.05, 0) is 27.8 Å². The van der Waals surface area contributed by atoms with Gasteiger partial charge in [0.05, 0.1) is 12.0 Å². The zero-order valence-electron chi connectivity index (χ0n) is 9.70. The van der Waals surface area contributed by atoms with Crippen LogP contribution >= 0.6 is 0 Å². The van der Waals surface area contributed by atoms with Crippen LogP contribution < -0.4 is 0 Å². The van der Waals surface area contributed by atoms with E-state index < -0.39 is 0 Å². The summed E-state index contributed by atoms with van der Waals surface area (Å²) in [7, 11) is 2.18. The number of nitriles is 1. The molecule has 3 heteroatoms. The van der Waals surface area contributed by atoms with Gasteiger partial charge in [-0.3, -0.25) is 9.80 Å². The standard InChI is InChI=1S/C11H21N3/c1-9(5-12)6-14-7-10(2)13(4)11(3)8-14/h9-11H,6-8H2,1-4H3. The average molecular weight is 195 g/mol. The molecule has 3 unspecified atom stereocenters. The summed E-state index contributed by atoms with van der Waals surface area (Å²) < 4.78 is 0. The summed E-state index contributed by atoms with van der Waals surface area (Å²) >= 11 is 0. The lowest BCUT2D eigenvalue weighted by atomic mass is 10.1. The minimum atomic E-state index is 0.151. The topological polar surface area (TPSA) is 30.3 Å². The molecule has 80 valence electrons. The van der Waals surface area contributed by atoms with E-state index in [0.717, 1.165) is 19.6 Å². The van der Waals surface area contributed by atoms with Gasteiger partial charge >= 0.3 is 0 Å². The van der Waals surface area contributed by atoms with Crippen LogP contribution in [0, 0.1) is 17.2 Å². The van der Waals surface area contributed by atoms with Crippen LogP contribution in [0.3, 0.4) is 0 Å². The average Bonchev–Trinajstić information content (AvgIpc) is 2.14. The van der Waals surface area contributed by atoms with Crippen LogP contribution in [0.15, 0.2) is 0 Å². The second-order valence-electron chi connectivity index (χ2n) is 4.61. The maximum atomic E-state index is 8.76. The van der Waals surface area contributed by atoms with Crippen molar-refractivity contribution in [3.8, 4) is 6.07 Å². The summed E-state index contributed by atoms with van der Waals surface area (Å²) in [6.07, 6.45) is 0. The Morgan fingerprint density at radius 1 is 1.36 bits per heavy atom. The predicted molar refractivity (Wildman–Crippen MR) is 57.9 cm³/mol. The quantitative estimate of drug-likeness (QED) is 0.662. The third-order valence-corrected chi connectivity index (χ3v) is 3.19. The van der Waals surface area contributed by atoms with Crippen molar-refractivity contribution in [3.05, 3.63) is 0 Å². The predicted octanol–water partition coefficient (Wildman–Crippen LogP) is 1.17. The summed E-state index contributed by atoms with van der Waals surface area (Å²) in [5, 5.41) is 8.76. The van der Waals surface area contributed by atoms with E-state index in [1.54, 1.807) is 0 Å². The maximum absolute atomic E-state index is 8.76. The van der Waals surface area contributed by atoms with Gasteiger partial charge < -0.3 is 0 Å². The molecule has 1 saturated heterocycles. The van der Waals surface area contributed by atoms with Crippen LogP contribution in [0.2, 0.25) is 0 Å². The molecule has 1 heterocycles. The van der Waals surface area contributed by atoms with Crippen molar-refractivity contribution in [2.45, 2.75) is 32.9 Å². The Morgan fingerprint density at radius 2 is 1.86 bits per heavy atom. The van der Waals surface area contributed by atoms with E-state index in [2.05, 4.69) is 36.8 Å². The molecule has 1 fully saturated rings. The number of piperazine rings is 1. The Labute approximate surface area is 87.3 Å². The molecule has 0 amide bonds. The van der Waals surface area contributed by atoms with E-state index in [9.17, 15) is 0 Å². The Morgan fingerprint density at radius 3 is 2.29 bits per heavy atom. The number of likely N-dealkylation sites (N-methyl/N-ethyl adjacent to an activating group) is 1. The highest BCUT2D eigenvalue weighted by molar-refractivity contribution is 4.87. The third-order valence-electron chi connectivity index (χ3n) is 3.19. The Kier molecular flexibility index (Phi) is 3.91. The SMILES string of the molecule is CC(C#N)CN1CC(C)N(C)C(C)C1. The highest BCUT2D eigenvalue weighted by atomic mass is 15.3. The van der Waals surface area contributed by atoms with Gasteiger partial charge in [0, 0.05) is 31.7 Å². The first-order valence-electron chi connectivity index (χ1n) is 5.38. The van der Waals surface area contributed by atoms with E-state index in [0.29, 0.717) is 12.1 Å². The maximum Gasteiger partial charge on any atom is 0.0666 e. The molecule has 3 nitrogen and oxygen atoms in total. The van der Waals surface area contributed by atoms with E-state index >= 15 is 0 Å². The van der Waals surface area contributed by atoms with Crippen molar-refractivity contribution in [2.75, 3.05) is 26.7 Å². The second-order valence-corrected chi connectivity index (χ2v) is 4.61. The summed E-state index contributed by atoms with van der Waals surface area (Å²) in [6, 6.07) is 3.50. The van der Waals surface area contributed by atoms with Gasteiger partial charge in [-0.2, -0.15) is 5.26 Å². The van der Waals surface area contributed by atoms with Gasteiger partial charge in [-0.1, -0.05) is 0 Å². The monoisotopic (exact) mass is 195 g/mol. The molecular formula is C11H21N3. The summed E-state index contributed by atoms with van der Waals surface area (Å²) in [5.41, 5.74) is 0. The van der Waals surface area contributed by atoms with Gasteiger partial charge in [0.15, 0.2) is 0 Å². The van der Waals surface area contributed by atoms with Crippen molar-refractivity contribution in [3.63, 3.8) is 0 Å². The molecular weight excluding hydrogens is 174 g/mol. The van der Waals surface area contributed by atoms with Crippen molar-refractivity contribution >= 4 is 0 Å². The minimum absolute atomic E-state index is 0.151. The van der Waals surface area contributed by atoms with E-state index in [4.69, 9.17) is 5.26 Å². The Bertz CT molecular complexity index is 209. The molecule has 14 heavy (non-hydrogen) atoms. The van der Waals surface area contributed by atoms with Crippen molar-refractivity contribution in [1.29, 1.82) is 5.26 Å². The minimum Gasteiger partial charge on any atom is -0.299 e. The molecule has 0 bridgehead atoms. The van der Waals surface area contributed by atoms with Crippen LogP contribution in [0.4, 0.5) is 0 Å². The largest absolute Gasteiger partial charge is 0.299 e. The highest BCUT2D eigenvalue weighted by Crippen LogP contribution is 2.14. The van der Waals surface area contributed by atoms with Gasteiger partial charge in [0.25, 0.3) is 0 Å². The number of nitrogens with zero attached hydrogens (tertiary/aromatic N) is 3. The second kappa shape index (κ2) is 4.77. The fraction of sp³-hybridized carbons (Fsp3) is 0.909. The zero-order chi connectivity index (χ0) is 10.7. The molecule has 0 aromatic heterocycles. The first-order valence-corrected chi connectivity index (χ1v) is 5.38. The van der Waals surface area contributed by atoms with E-state index in [-0.39, 0.29) is 5.92 Å². The fourth-order valence-electron chi connectivity index (χ4n) is 2.09. The Balaban J connectivity index is 2.46. The zero-order valence-corrected chi connectivity index (χ0v) is 9.70. The van der Waals surface area contributed by atoms with Crippen molar-refractivity contribution in [1.82, 2.24) is 9.80 Å². The molecule has 0 aromatic rings. The molecule has 3 atom stereocenters. The van der Waals surface area contributed by atoms with Gasteiger partial charge in [-0.15, -0.1) is 0 Å². The smallest absolute Gasteiger partial charge is 0.0666 e. The van der Waals surface area contributed by atoms with Crippen LogP contribution in [-0.2, 0) is 0 Å². The van der Waals surface area contributed by atoms with E-state index in [1.165, 1.54) is 0 Å². The Hall–Kier alpha value is -0.590. The van der Waals surface area contributed by atoms with Crippen LogP contribution in [0.25, 0.3) is 0 Å². The van der Waals surface area contributed by atoms with Crippen LogP contribution in [0.1, 0.15) is 20.8 Å². The number of hydrogen-bond donors (Lipinski definition) is 0. The number of rotatable bonds is 2. The lowest BCUT2D eigenvalue weighted by Crippen LogP contribution is -2.55. The van der Waals surface area contributed by atoms with Gasteiger partial charge in [0.1, 0.15) is 0 Å². The first-order chi connectivity index (χ1) is 6.54. The third kappa shape index (κ3) is 2.70. The first kappa shape index (κ1) is 11.5. The molecule has 0 N–H and O–H groups in total. The molecule has 0 saturated carbocycles. The number of hydrogen-bond acceptors (Lipinski definition) is 3. The van der Waals surface area contributed by atoms with Crippen LogP contribution in [-0.4, -0.2) is 48.6 Å². The van der Waals surface area contributed by atoms with E-state index in [1.807, 2.05) is 6.92 Å². The van der Waals surface area contributed by atoms with Gasteiger partial charge in [0.2, 0.25) is 0 Å². The molecule has 0 radical (unpaired) electrons. The highest BCUT2D eigenvalue weighted by Gasteiger charge is 2.26. The molecule has 0 aromatic carbocycles.